The van der Waals surface area contributed by atoms with Gasteiger partial charge in [-0.25, -0.2) is 18.4 Å². The number of pyridine rings is 3. The van der Waals surface area contributed by atoms with Crippen molar-refractivity contribution >= 4 is 76.1 Å². The zero-order valence-electron chi connectivity index (χ0n) is 41.9. The average Bonchev–Trinajstić information content (AvgIpc) is 3.52. The van der Waals surface area contributed by atoms with Gasteiger partial charge in [-0.05, 0) is 120 Å². The monoisotopic (exact) mass is 1210 g/mol. The molecule has 0 bridgehead atoms. The Morgan fingerprint density at radius 3 is 1.49 bits per heavy atom. The number of fused-ring (bicyclic) bond motifs is 12. The van der Waals surface area contributed by atoms with Crippen LogP contribution in [0.25, 0.3) is 121 Å². The third-order valence-corrected chi connectivity index (χ3v) is 14.9. The van der Waals surface area contributed by atoms with Crippen molar-refractivity contribution in [2.24, 2.45) is 0 Å². The van der Waals surface area contributed by atoms with E-state index in [4.69, 9.17) is 13.8 Å². The Kier molecular flexibility index (Phi) is 12.6. The van der Waals surface area contributed by atoms with Gasteiger partial charge < -0.3 is 23.8 Å². The van der Waals surface area contributed by atoms with E-state index in [2.05, 4.69) is 143 Å². The quantitative estimate of drug-likeness (QED) is 0.0764. The Labute approximate surface area is 463 Å². The first-order valence-corrected chi connectivity index (χ1v) is 25.7. The van der Waals surface area contributed by atoms with Crippen molar-refractivity contribution < 1.29 is 37.7 Å². The van der Waals surface area contributed by atoms with Crippen molar-refractivity contribution in [2.45, 2.75) is 25.7 Å². The van der Waals surface area contributed by atoms with E-state index < -0.39 is 22.9 Å². The summed E-state index contributed by atoms with van der Waals surface area (Å²) in [6, 6.07) is 66.6. The number of nitrogens with zero attached hydrogens (tertiary/aromatic N) is 3. The van der Waals surface area contributed by atoms with E-state index in [-0.39, 0.29) is 42.0 Å². The molecule has 14 rings (SSSR count). The third kappa shape index (κ3) is 9.04. The van der Waals surface area contributed by atoms with E-state index in [0.717, 1.165) is 72.3 Å². The molecule has 0 aliphatic carbocycles. The van der Waals surface area contributed by atoms with E-state index in [1.165, 1.54) is 51.2 Å². The first-order chi connectivity index (χ1) is 38.3. The molecular weight excluding hydrogens is 1160 g/mol. The second kappa shape index (κ2) is 20.2. The molecule has 0 saturated heterocycles. The molecule has 0 N–H and O–H groups in total. The maximum Gasteiger partial charge on any atom is 3.00 e. The summed E-state index contributed by atoms with van der Waals surface area (Å²) in [7, 11) is 0. The molecule has 0 aliphatic rings. The molecular formula is C69H40F2IrN3O4. The Morgan fingerprint density at radius 1 is 0.405 bits per heavy atom. The molecule has 0 saturated carbocycles. The van der Waals surface area contributed by atoms with Crippen molar-refractivity contribution in [3.63, 3.8) is 0 Å². The second-order valence-corrected chi connectivity index (χ2v) is 19.7. The average molecular weight is 1210 g/mol. The van der Waals surface area contributed by atoms with E-state index in [0.29, 0.717) is 47.5 Å². The van der Waals surface area contributed by atoms with Crippen LogP contribution in [-0.4, -0.2) is 15.0 Å². The molecule has 9 aromatic carbocycles. The van der Waals surface area contributed by atoms with Gasteiger partial charge in [0.1, 0.15) is 0 Å². The number of aryl methyl sites for hydroxylation is 4. The van der Waals surface area contributed by atoms with Crippen LogP contribution in [-0.2, 0) is 45.8 Å². The predicted molar refractivity (Wildman–Crippen MR) is 305 cm³/mol. The SMILES string of the molecule is O=c1oc2ccc(F)[c-]c2c2ncc(CCc3cc(CCc4cnc5c(c4)c(=O)oc4ccc(F)[c-]c45)cc(-c4ccccc4-c4cnc(-c5[c-]cccc5)cc4-c4ccc5c6ccccc6c6ccccc6c5c4)c3)cc12.[Ir+3]. The number of benzene rings is 9. The van der Waals surface area contributed by atoms with Gasteiger partial charge in [0, 0.05) is 68.8 Å². The van der Waals surface area contributed by atoms with E-state index in [1.807, 2.05) is 30.5 Å². The minimum absolute atomic E-state index is 0. The first-order valence-electron chi connectivity index (χ1n) is 25.7. The zero-order chi connectivity index (χ0) is 52.4. The molecule has 7 nitrogen and oxygen atoms in total. The standard InChI is InChI=1S/C69H40F2N3O4.Ir/c70-47-23-26-64-58(34-47)66-60(68(75)77-64)31-42(37-73-66)20-18-40-28-41(19-21-43-32-61-67(74-38-43)59-35-48(71)24-27-65(59)78-69(61)76)30-46(29-40)49-12-4-5-13-50(49)62-39-72-63(44-10-2-1-3-11-44)36-56(62)45-22-25-55-53-16-7-6-14-51(53)52-15-8-9-17-54(52)57(55)33-45;/h1-10,12-17,22-33,36-39H,18-21H2;/q-3;+3. The molecule has 0 fully saturated rings. The van der Waals surface area contributed by atoms with E-state index in [1.54, 1.807) is 24.5 Å². The van der Waals surface area contributed by atoms with E-state index in [9.17, 15) is 18.4 Å². The van der Waals surface area contributed by atoms with E-state index >= 15 is 0 Å². The largest absolute Gasteiger partial charge is 3.00 e. The van der Waals surface area contributed by atoms with Gasteiger partial charge in [0.05, 0.1) is 0 Å². The summed E-state index contributed by atoms with van der Waals surface area (Å²) >= 11 is 0. The molecule has 79 heavy (non-hydrogen) atoms. The summed E-state index contributed by atoms with van der Waals surface area (Å²) in [5.74, 6) is -1.14. The zero-order valence-corrected chi connectivity index (χ0v) is 44.3. The van der Waals surface area contributed by atoms with Crippen LogP contribution < -0.4 is 11.3 Å². The molecule has 0 amide bonds. The Morgan fingerprint density at radius 2 is 0.924 bits per heavy atom. The predicted octanol–water partition coefficient (Wildman–Crippen LogP) is 15.8. The maximum atomic E-state index is 14.3. The molecule has 0 atom stereocenters. The van der Waals surface area contributed by atoms with Gasteiger partial charge in [-0.1, -0.05) is 132 Å². The number of hydrogen-bond donors (Lipinski definition) is 0. The number of rotatable bonds is 10. The van der Waals surface area contributed by atoms with Crippen molar-refractivity contribution in [2.75, 3.05) is 0 Å². The number of aromatic nitrogens is 3. The van der Waals surface area contributed by atoms with Crippen LogP contribution in [0.5, 0.6) is 0 Å². The van der Waals surface area contributed by atoms with Gasteiger partial charge in [-0.15, -0.1) is 72.3 Å². The summed E-state index contributed by atoms with van der Waals surface area (Å²) in [5.41, 5.74) is 11.4. The van der Waals surface area contributed by atoms with Crippen LogP contribution in [0, 0.1) is 29.8 Å². The van der Waals surface area contributed by atoms with Crippen molar-refractivity contribution in [1.82, 2.24) is 15.0 Å². The fourth-order valence-corrected chi connectivity index (χ4v) is 11.2. The summed E-state index contributed by atoms with van der Waals surface area (Å²) in [5, 5.41) is 8.27. The van der Waals surface area contributed by atoms with Gasteiger partial charge in [0.15, 0.2) is 0 Å². The molecule has 0 radical (unpaired) electrons. The fraction of sp³-hybridized carbons (Fsp3) is 0.0580. The summed E-state index contributed by atoms with van der Waals surface area (Å²) < 4.78 is 39.8. The maximum absolute atomic E-state index is 14.3. The smallest absolute Gasteiger partial charge is 0.472 e. The van der Waals surface area contributed by atoms with Crippen LogP contribution in [0.15, 0.2) is 213 Å². The second-order valence-electron chi connectivity index (χ2n) is 19.7. The minimum atomic E-state index is -0.570. The molecule has 0 aliphatic heterocycles. The Hall–Kier alpha value is -9.34. The molecule has 10 heteroatoms. The normalized spacial score (nSPS) is 11.6. The van der Waals surface area contributed by atoms with Crippen molar-refractivity contribution in [3.05, 3.63) is 267 Å². The minimum Gasteiger partial charge on any atom is -0.472 e. The Balaban J connectivity index is 0.00000591. The Bertz CT molecular complexity index is 4710. The molecule has 378 valence electrons. The van der Waals surface area contributed by atoms with Gasteiger partial charge in [0.2, 0.25) is 0 Å². The summed E-state index contributed by atoms with van der Waals surface area (Å²) in [6.07, 6.45) is 7.67. The number of hydrogen-bond acceptors (Lipinski definition) is 7. The van der Waals surface area contributed by atoms with Crippen LogP contribution >= 0.6 is 0 Å². The summed E-state index contributed by atoms with van der Waals surface area (Å²) in [6.45, 7) is 0. The van der Waals surface area contributed by atoms with Gasteiger partial charge in [0.25, 0.3) is 0 Å². The molecule has 0 unspecified atom stereocenters. The molecule has 0 spiro atoms. The van der Waals surface area contributed by atoms with Crippen LogP contribution in [0.3, 0.4) is 0 Å². The first kappa shape index (κ1) is 49.2. The molecule has 5 aromatic heterocycles. The van der Waals surface area contributed by atoms with Crippen molar-refractivity contribution in [1.29, 1.82) is 0 Å². The van der Waals surface area contributed by atoms with Gasteiger partial charge >= 0.3 is 31.4 Å². The molecule has 14 aromatic rings. The van der Waals surface area contributed by atoms with Crippen LogP contribution in [0.1, 0.15) is 22.3 Å². The van der Waals surface area contributed by atoms with Crippen molar-refractivity contribution in [3.8, 4) is 44.6 Å². The van der Waals surface area contributed by atoms with Gasteiger partial charge in [-0.2, -0.15) is 0 Å². The topological polar surface area (TPSA) is 99.1 Å². The third-order valence-electron chi connectivity index (χ3n) is 14.9. The van der Waals surface area contributed by atoms with Crippen LogP contribution in [0.2, 0.25) is 0 Å². The summed E-state index contributed by atoms with van der Waals surface area (Å²) in [4.78, 5) is 40.9. The fourth-order valence-electron chi connectivity index (χ4n) is 11.2. The van der Waals surface area contributed by atoms with Crippen LogP contribution in [0.4, 0.5) is 8.78 Å². The number of halogens is 2. The van der Waals surface area contributed by atoms with Gasteiger partial charge in [-0.3, -0.25) is 0 Å². The molecule has 5 heterocycles.